The highest BCUT2D eigenvalue weighted by atomic mass is 35.5. The molecule has 1 N–H and O–H groups in total. The van der Waals surface area contributed by atoms with Crippen LogP contribution in [0.4, 0.5) is 10.7 Å². The summed E-state index contributed by atoms with van der Waals surface area (Å²) < 4.78 is 7.73. The number of para-hydroxylation sites is 2. The number of hydrogen-bond acceptors (Lipinski definition) is 4. The van der Waals surface area contributed by atoms with Gasteiger partial charge in [0.05, 0.1) is 23.6 Å². The van der Waals surface area contributed by atoms with Gasteiger partial charge in [0, 0.05) is 18.1 Å². The number of rotatable bonds is 5. The molecule has 2 aromatic carbocycles. The zero-order valence-corrected chi connectivity index (χ0v) is 19.0. The number of ether oxygens (including phenoxy) is 1. The van der Waals surface area contributed by atoms with Crippen molar-refractivity contribution in [2.45, 2.75) is 51.8 Å². The molecule has 1 aliphatic rings. The lowest BCUT2D eigenvalue weighted by atomic mass is 10.2. The van der Waals surface area contributed by atoms with Crippen LogP contribution in [-0.4, -0.2) is 45.3 Å². The third-order valence-electron chi connectivity index (χ3n) is 5.44. The normalized spacial score (nSPS) is 16.6. The molecule has 0 bridgehead atoms. The van der Waals surface area contributed by atoms with E-state index < -0.39 is 5.60 Å². The molecule has 7 heteroatoms. The second-order valence-electron chi connectivity index (χ2n) is 8.95. The third-order valence-corrected chi connectivity index (χ3v) is 5.81. The topological polar surface area (TPSA) is 59.4 Å². The molecule has 0 spiro atoms. The number of amides is 1. The van der Waals surface area contributed by atoms with Gasteiger partial charge < -0.3 is 19.5 Å². The number of nitrogens with one attached hydrogen (secondary N) is 1. The first kappa shape index (κ1) is 21.5. The number of carbonyl (C=O) groups excluding carboxylic acids is 1. The average Bonchev–Trinajstić information content (AvgIpc) is 3.32. The summed E-state index contributed by atoms with van der Waals surface area (Å²) in [5, 5.41) is 4.23. The van der Waals surface area contributed by atoms with Crippen molar-refractivity contribution < 1.29 is 9.53 Å². The quantitative estimate of drug-likeness (QED) is 0.565. The Morgan fingerprint density at radius 2 is 1.94 bits per heavy atom. The van der Waals surface area contributed by atoms with Crippen molar-refractivity contribution in [2.24, 2.45) is 0 Å². The fourth-order valence-corrected chi connectivity index (χ4v) is 4.18. The summed E-state index contributed by atoms with van der Waals surface area (Å²) in [6, 6.07) is 16.0. The lowest BCUT2D eigenvalue weighted by Gasteiger charge is -2.28. The first-order chi connectivity index (χ1) is 14.8. The minimum atomic E-state index is -0.499. The summed E-state index contributed by atoms with van der Waals surface area (Å²) in [4.78, 5) is 19.2. The molecular weight excluding hydrogens is 412 g/mol. The number of hydrogen-bond donors (Lipinski definition) is 1. The third kappa shape index (κ3) is 4.96. The predicted molar refractivity (Wildman–Crippen MR) is 125 cm³/mol. The molecule has 1 aliphatic heterocycles. The molecule has 0 aliphatic carbocycles. The molecule has 1 atom stereocenters. The van der Waals surface area contributed by atoms with E-state index in [1.165, 1.54) is 0 Å². The summed E-state index contributed by atoms with van der Waals surface area (Å²) in [6.45, 7) is 7.63. The molecule has 0 radical (unpaired) electrons. The molecule has 4 rings (SSSR count). The van der Waals surface area contributed by atoms with E-state index in [1.807, 2.05) is 68.1 Å². The van der Waals surface area contributed by atoms with Crippen LogP contribution < -0.4 is 5.32 Å². The van der Waals surface area contributed by atoms with Crippen molar-refractivity contribution in [3.63, 3.8) is 0 Å². The number of aromatic nitrogens is 2. The summed E-state index contributed by atoms with van der Waals surface area (Å²) >= 11 is 6.42. The smallest absolute Gasteiger partial charge is 0.410 e. The number of benzene rings is 2. The van der Waals surface area contributed by atoms with Crippen LogP contribution in [0.3, 0.4) is 0 Å². The fraction of sp³-hybridized carbons (Fsp3) is 0.417. The molecule has 1 aromatic heterocycles. The van der Waals surface area contributed by atoms with E-state index in [2.05, 4.69) is 16.0 Å². The molecule has 1 saturated heterocycles. The van der Waals surface area contributed by atoms with Gasteiger partial charge in [0.1, 0.15) is 5.60 Å². The van der Waals surface area contributed by atoms with Gasteiger partial charge >= 0.3 is 6.09 Å². The van der Waals surface area contributed by atoms with Gasteiger partial charge in [-0.25, -0.2) is 9.78 Å². The minimum Gasteiger partial charge on any atom is -0.444 e. The van der Waals surface area contributed by atoms with E-state index in [4.69, 9.17) is 21.3 Å². The van der Waals surface area contributed by atoms with Gasteiger partial charge in [-0.3, -0.25) is 0 Å². The van der Waals surface area contributed by atoms with Crippen molar-refractivity contribution in [3.05, 3.63) is 59.1 Å². The maximum atomic E-state index is 12.6. The number of fused-ring (bicyclic) bond motifs is 1. The summed E-state index contributed by atoms with van der Waals surface area (Å²) in [5.74, 6) is 0.775. The van der Waals surface area contributed by atoms with Gasteiger partial charge in [-0.2, -0.15) is 0 Å². The number of imidazole rings is 1. The number of nitrogens with zero attached hydrogens (tertiary/aromatic N) is 3. The van der Waals surface area contributed by atoms with E-state index >= 15 is 0 Å². The van der Waals surface area contributed by atoms with Crippen LogP contribution in [0.1, 0.15) is 39.2 Å². The lowest BCUT2D eigenvalue weighted by molar-refractivity contribution is 0.0235. The Morgan fingerprint density at radius 1 is 1.19 bits per heavy atom. The van der Waals surface area contributed by atoms with Gasteiger partial charge in [0.15, 0.2) is 0 Å². The van der Waals surface area contributed by atoms with E-state index in [0.29, 0.717) is 13.1 Å². The van der Waals surface area contributed by atoms with Gasteiger partial charge in [-0.15, -0.1) is 0 Å². The SMILES string of the molecule is CC(C)(C)OC(=O)N1CCCC1CNc1nc2ccccc2n1Cc1ccccc1Cl. The van der Waals surface area contributed by atoms with Gasteiger partial charge in [0.2, 0.25) is 5.95 Å². The lowest BCUT2D eigenvalue weighted by Crippen LogP contribution is -2.42. The van der Waals surface area contributed by atoms with E-state index in [-0.39, 0.29) is 12.1 Å². The van der Waals surface area contributed by atoms with Gasteiger partial charge in [-0.1, -0.05) is 41.9 Å². The molecule has 1 unspecified atom stereocenters. The molecule has 0 saturated carbocycles. The van der Waals surface area contributed by atoms with Crippen LogP contribution in [0.25, 0.3) is 11.0 Å². The van der Waals surface area contributed by atoms with E-state index in [1.54, 1.807) is 0 Å². The highest BCUT2D eigenvalue weighted by Gasteiger charge is 2.32. The van der Waals surface area contributed by atoms with Gasteiger partial charge in [-0.05, 0) is 57.4 Å². The van der Waals surface area contributed by atoms with Crippen molar-refractivity contribution >= 4 is 34.7 Å². The van der Waals surface area contributed by atoms with Crippen molar-refractivity contribution in [3.8, 4) is 0 Å². The highest BCUT2D eigenvalue weighted by Crippen LogP contribution is 2.26. The predicted octanol–water partition coefficient (Wildman–Crippen LogP) is 5.55. The molecule has 2 heterocycles. The Kier molecular flexibility index (Phi) is 6.10. The molecule has 31 heavy (non-hydrogen) atoms. The Hall–Kier alpha value is -2.73. The largest absolute Gasteiger partial charge is 0.444 e. The Balaban J connectivity index is 1.54. The van der Waals surface area contributed by atoms with E-state index in [0.717, 1.165) is 47.0 Å². The number of carbonyl (C=O) groups is 1. The number of halogens is 1. The monoisotopic (exact) mass is 440 g/mol. The Bertz CT molecular complexity index is 1070. The van der Waals surface area contributed by atoms with Crippen LogP contribution in [0.5, 0.6) is 0 Å². The standard InChI is InChI=1S/C24H29ClN4O2/c1-24(2,3)31-23(30)28-14-8-10-18(28)15-26-22-27-20-12-6-7-13-21(20)29(22)16-17-9-4-5-11-19(17)25/h4-7,9,11-13,18H,8,10,14-16H2,1-3H3,(H,26,27). The van der Waals surface area contributed by atoms with Crippen LogP contribution in [0.15, 0.2) is 48.5 Å². The van der Waals surface area contributed by atoms with E-state index in [9.17, 15) is 4.79 Å². The van der Waals surface area contributed by atoms with Crippen LogP contribution in [0.2, 0.25) is 5.02 Å². The molecular formula is C24H29ClN4O2. The second kappa shape index (κ2) is 8.79. The van der Waals surface area contributed by atoms with Crippen molar-refractivity contribution in [2.75, 3.05) is 18.4 Å². The Labute approximate surface area is 188 Å². The molecule has 164 valence electrons. The molecule has 1 amide bonds. The number of anilines is 1. The first-order valence-corrected chi connectivity index (χ1v) is 11.1. The maximum absolute atomic E-state index is 12.6. The second-order valence-corrected chi connectivity index (χ2v) is 9.36. The fourth-order valence-electron chi connectivity index (χ4n) is 3.99. The minimum absolute atomic E-state index is 0.0726. The zero-order chi connectivity index (χ0) is 22.0. The highest BCUT2D eigenvalue weighted by molar-refractivity contribution is 6.31. The van der Waals surface area contributed by atoms with Crippen LogP contribution in [0, 0.1) is 0 Å². The van der Waals surface area contributed by atoms with Gasteiger partial charge in [0.25, 0.3) is 0 Å². The average molecular weight is 441 g/mol. The first-order valence-electron chi connectivity index (χ1n) is 10.7. The molecule has 1 fully saturated rings. The summed E-state index contributed by atoms with van der Waals surface area (Å²) in [5.41, 5.74) is 2.50. The molecule has 3 aromatic rings. The number of likely N-dealkylation sites (tertiary alicyclic amines) is 1. The molecule has 6 nitrogen and oxygen atoms in total. The van der Waals surface area contributed by atoms with Crippen molar-refractivity contribution in [1.82, 2.24) is 14.5 Å². The summed E-state index contributed by atoms with van der Waals surface area (Å²) in [7, 11) is 0. The summed E-state index contributed by atoms with van der Waals surface area (Å²) in [6.07, 6.45) is 1.67. The zero-order valence-electron chi connectivity index (χ0n) is 18.3. The maximum Gasteiger partial charge on any atom is 0.410 e. The Morgan fingerprint density at radius 3 is 2.71 bits per heavy atom. The van der Waals surface area contributed by atoms with Crippen molar-refractivity contribution in [1.29, 1.82) is 0 Å². The van der Waals surface area contributed by atoms with Crippen LogP contribution in [-0.2, 0) is 11.3 Å². The van der Waals surface area contributed by atoms with Crippen LogP contribution >= 0.6 is 11.6 Å².